The monoisotopic (exact) mass is 209 g/mol. The minimum Gasteiger partial charge on any atom is -0.373 e. The molecule has 84 valence electrons. The van der Waals surface area contributed by atoms with E-state index in [0.29, 0.717) is 19.3 Å². The van der Waals surface area contributed by atoms with Crippen LogP contribution in [0, 0.1) is 22.7 Å². The highest BCUT2D eigenvalue weighted by atomic mass is 16.5. The van der Waals surface area contributed by atoms with Gasteiger partial charge in [0.25, 0.3) is 0 Å². The molecule has 1 rings (SSSR count). The van der Waals surface area contributed by atoms with Crippen molar-refractivity contribution in [2.75, 3.05) is 19.7 Å². The molecule has 1 heterocycles. The highest BCUT2D eigenvalue weighted by molar-refractivity contribution is 4.75. The summed E-state index contributed by atoms with van der Waals surface area (Å²) in [6.07, 6.45) is 1.73. The van der Waals surface area contributed by atoms with Crippen molar-refractivity contribution in [3.63, 3.8) is 0 Å². The molecule has 0 aromatic heterocycles. The van der Waals surface area contributed by atoms with E-state index in [1.54, 1.807) is 0 Å². The van der Waals surface area contributed by atoms with Gasteiger partial charge in [-0.1, -0.05) is 0 Å². The molecule has 1 fully saturated rings. The first-order chi connectivity index (χ1) is 7.12. The van der Waals surface area contributed by atoms with E-state index in [1.807, 2.05) is 12.1 Å². The maximum atomic E-state index is 7.93. The van der Waals surface area contributed by atoms with Crippen molar-refractivity contribution in [1.82, 2.24) is 5.32 Å². The van der Waals surface area contributed by atoms with Gasteiger partial charge in [-0.3, -0.25) is 0 Å². The van der Waals surface area contributed by atoms with E-state index in [9.17, 15) is 0 Å². The van der Waals surface area contributed by atoms with Gasteiger partial charge < -0.3 is 10.1 Å². The van der Waals surface area contributed by atoms with Crippen molar-refractivity contribution in [3.8, 4) is 12.1 Å². The predicted molar refractivity (Wildman–Crippen MR) is 58.0 cm³/mol. The Morgan fingerprint density at radius 3 is 2.13 bits per heavy atom. The maximum absolute atomic E-state index is 7.93. The van der Waals surface area contributed by atoms with Crippen molar-refractivity contribution >= 4 is 0 Å². The lowest BCUT2D eigenvalue weighted by Gasteiger charge is -2.30. The minimum atomic E-state index is 0.0677. The largest absolute Gasteiger partial charge is 0.373 e. The van der Waals surface area contributed by atoms with Gasteiger partial charge in [0.2, 0.25) is 0 Å². The number of unbranched alkanes of at least 4 members (excludes halogenated alkanes) is 2. The number of morpholine rings is 1. The molecular weight excluding hydrogens is 190 g/mol. The Kier molecular flexibility index (Phi) is 7.62. The number of rotatable bonds is 2. The summed E-state index contributed by atoms with van der Waals surface area (Å²) in [4.78, 5) is 0. The molecule has 1 saturated heterocycles. The highest BCUT2D eigenvalue weighted by Crippen LogP contribution is 2.08. The summed E-state index contributed by atoms with van der Waals surface area (Å²) in [6, 6.07) is 3.90. The second-order valence-corrected chi connectivity index (χ2v) is 3.95. The van der Waals surface area contributed by atoms with Crippen LogP contribution in [0.4, 0.5) is 0 Å². The number of nitrogens with zero attached hydrogens (tertiary/aromatic N) is 2. The summed E-state index contributed by atoms with van der Waals surface area (Å²) < 4.78 is 5.40. The molecule has 0 unspecified atom stereocenters. The van der Waals surface area contributed by atoms with E-state index in [2.05, 4.69) is 19.2 Å². The first kappa shape index (κ1) is 13.9. The van der Waals surface area contributed by atoms with Gasteiger partial charge in [0, 0.05) is 25.9 Å². The van der Waals surface area contributed by atoms with Gasteiger partial charge in [-0.25, -0.2) is 0 Å². The van der Waals surface area contributed by atoms with Gasteiger partial charge in [-0.05, 0) is 20.3 Å². The van der Waals surface area contributed by atoms with Crippen LogP contribution in [0.5, 0.6) is 0 Å². The summed E-state index contributed by atoms with van der Waals surface area (Å²) in [5, 5.41) is 19.1. The summed E-state index contributed by atoms with van der Waals surface area (Å²) >= 11 is 0. The summed E-state index contributed by atoms with van der Waals surface area (Å²) in [5.74, 6) is 0. The molecule has 0 spiro atoms. The Labute approximate surface area is 91.8 Å². The number of hydrogen-bond acceptors (Lipinski definition) is 4. The fraction of sp³-hybridized carbons (Fsp3) is 0.818. The Morgan fingerprint density at radius 2 is 1.87 bits per heavy atom. The first-order valence-electron chi connectivity index (χ1n) is 5.21. The zero-order chi connectivity index (χ0) is 11.6. The Morgan fingerprint density at radius 1 is 1.27 bits per heavy atom. The summed E-state index contributed by atoms with van der Waals surface area (Å²) in [7, 11) is 0. The fourth-order valence-corrected chi connectivity index (χ4v) is 1.09. The average Bonchev–Trinajstić information content (AvgIpc) is 2.19. The molecule has 0 radical (unpaired) electrons. The van der Waals surface area contributed by atoms with Crippen molar-refractivity contribution in [2.24, 2.45) is 0 Å². The summed E-state index contributed by atoms with van der Waals surface area (Å²) in [5.41, 5.74) is 0.0677. The topological polar surface area (TPSA) is 68.8 Å². The van der Waals surface area contributed by atoms with E-state index in [0.717, 1.165) is 19.7 Å². The molecule has 0 amide bonds. The second kappa shape index (κ2) is 8.23. The minimum absolute atomic E-state index is 0.0677. The Balaban J connectivity index is 0.000000265. The molecule has 0 aliphatic carbocycles. The Bertz CT molecular complexity index is 215. The van der Waals surface area contributed by atoms with Crippen LogP contribution in [-0.2, 0) is 4.74 Å². The van der Waals surface area contributed by atoms with Crippen molar-refractivity contribution < 1.29 is 4.74 Å². The number of hydrogen-bond donors (Lipinski definition) is 1. The van der Waals surface area contributed by atoms with Gasteiger partial charge in [0.1, 0.15) is 0 Å². The predicted octanol–water partition coefficient (Wildman–Crippen LogP) is 1.59. The van der Waals surface area contributed by atoms with Crippen molar-refractivity contribution in [3.05, 3.63) is 0 Å². The standard InChI is InChI=1S/C6H13NO.C5H6N2/c1-6(2)5-7-3-4-8-6;6-4-2-1-3-5-7/h7H,3-5H2,1-2H3;1-3H2. The number of ether oxygens (including phenoxy) is 1. The smallest absolute Gasteiger partial charge is 0.0750 e. The third kappa shape index (κ3) is 9.21. The number of nitrogens with one attached hydrogen (secondary N) is 1. The molecule has 1 aliphatic rings. The lowest BCUT2D eigenvalue weighted by Crippen LogP contribution is -2.45. The molecule has 4 heteroatoms. The van der Waals surface area contributed by atoms with E-state index in [4.69, 9.17) is 15.3 Å². The highest BCUT2D eigenvalue weighted by Gasteiger charge is 2.20. The molecule has 0 atom stereocenters. The molecule has 1 N–H and O–H groups in total. The Hall–Kier alpha value is -1.10. The fourth-order valence-electron chi connectivity index (χ4n) is 1.09. The van der Waals surface area contributed by atoms with E-state index in [1.165, 1.54) is 0 Å². The normalized spacial score (nSPS) is 17.9. The molecule has 4 nitrogen and oxygen atoms in total. The van der Waals surface area contributed by atoms with Crippen LogP contribution in [0.3, 0.4) is 0 Å². The SMILES string of the molecule is CC1(C)CNCCO1.N#CCCCC#N. The zero-order valence-corrected chi connectivity index (χ0v) is 9.55. The third-order valence-electron chi connectivity index (χ3n) is 1.90. The van der Waals surface area contributed by atoms with E-state index < -0.39 is 0 Å². The van der Waals surface area contributed by atoms with Gasteiger partial charge in [0.05, 0.1) is 24.3 Å². The van der Waals surface area contributed by atoms with Gasteiger partial charge in [0.15, 0.2) is 0 Å². The summed E-state index contributed by atoms with van der Waals surface area (Å²) in [6.45, 7) is 7.03. The van der Waals surface area contributed by atoms with Gasteiger partial charge >= 0.3 is 0 Å². The molecular formula is C11H19N3O. The van der Waals surface area contributed by atoms with Gasteiger partial charge in [-0.2, -0.15) is 10.5 Å². The maximum Gasteiger partial charge on any atom is 0.0750 e. The molecule has 0 bridgehead atoms. The van der Waals surface area contributed by atoms with Gasteiger partial charge in [-0.15, -0.1) is 0 Å². The first-order valence-corrected chi connectivity index (χ1v) is 5.21. The van der Waals surface area contributed by atoms with E-state index >= 15 is 0 Å². The molecule has 15 heavy (non-hydrogen) atoms. The molecule has 1 aliphatic heterocycles. The second-order valence-electron chi connectivity index (χ2n) is 3.95. The molecule has 0 aromatic rings. The quantitative estimate of drug-likeness (QED) is 0.701. The van der Waals surface area contributed by atoms with E-state index in [-0.39, 0.29) is 5.60 Å². The van der Waals surface area contributed by atoms with Crippen molar-refractivity contribution in [1.29, 1.82) is 10.5 Å². The lowest BCUT2D eigenvalue weighted by atomic mass is 10.1. The van der Waals surface area contributed by atoms with Crippen LogP contribution < -0.4 is 5.32 Å². The average molecular weight is 209 g/mol. The van der Waals surface area contributed by atoms with Crippen LogP contribution in [0.1, 0.15) is 33.1 Å². The zero-order valence-electron chi connectivity index (χ0n) is 9.55. The van der Waals surface area contributed by atoms with Crippen LogP contribution in [0.2, 0.25) is 0 Å². The van der Waals surface area contributed by atoms with Crippen molar-refractivity contribution in [2.45, 2.75) is 38.7 Å². The van der Waals surface area contributed by atoms with Crippen LogP contribution in [0.15, 0.2) is 0 Å². The number of nitriles is 2. The van der Waals surface area contributed by atoms with Crippen LogP contribution in [0.25, 0.3) is 0 Å². The van der Waals surface area contributed by atoms with Crippen LogP contribution >= 0.6 is 0 Å². The third-order valence-corrected chi connectivity index (χ3v) is 1.90. The molecule has 0 aromatic carbocycles. The molecule has 0 saturated carbocycles. The lowest BCUT2D eigenvalue weighted by molar-refractivity contribution is -0.0384. The van der Waals surface area contributed by atoms with Crippen LogP contribution in [-0.4, -0.2) is 25.3 Å².